The number of carbonyl (C=O) groups is 1. The molecule has 0 bridgehead atoms. The van der Waals surface area contributed by atoms with Crippen molar-refractivity contribution in [2.75, 3.05) is 11.9 Å². The molecule has 0 fully saturated rings. The Labute approximate surface area is 166 Å². The Kier molecular flexibility index (Phi) is 6.93. The van der Waals surface area contributed by atoms with E-state index in [1.807, 2.05) is 13.0 Å². The monoisotopic (exact) mass is 408 g/mol. The largest absolute Gasteiger partial charge is 0.492 e. The number of nitrogens with zero attached hydrogens (tertiary/aromatic N) is 1. The summed E-state index contributed by atoms with van der Waals surface area (Å²) in [5.74, 6) is -0.219. The number of nitriles is 1. The number of rotatable bonds is 5. The first-order chi connectivity index (χ1) is 12.3. The van der Waals surface area contributed by atoms with E-state index in [0.717, 1.165) is 5.56 Å². The van der Waals surface area contributed by atoms with Crippen molar-refractivity contribution >= 4 is 52.5 Å². The van der Waals surface area contributed by atoms with Crippen molar-refractivity contribution in [3.05, 3.63) is 62.1 Å². The molecule has 0 atom stereocenters. The van der Waals surface area contributed by atoms with Gasteiger partial charge in [-0.15, -0.1) is 0 Å². The summed E-state index contributed by atoms with van der Waals surface area (Å²) in [6.45, 7) is 4.03. The Morgan fingerprint density at radius 3 is 2.58 bits per heavy atom. The lowest BCUT2D eigenvalue weighted by molar-refractivity contribution is -0.112. The molecule has 2 aromatic carbocycles. The summed E-state index contributed by atoms with van der Waals surface area (Å²) in [5.41, 5.74) is 1.69. The Balaban J connectivity index is 2.37. The molecule has 2 rings (SSSR count). The van der Waals surface area contributed by atoms with Gasteiger partial charge in [0.05, 0.1) is 11.6 Å². The molecule has 0 unspecified atom stereocenters. The van der Waals surface area contributed by atoms with Gasteiger partial charge in [-0.05, 0) is 49.8 Å². The normalized spacial score (nSPS) is 11.0. The molecule has 4 nitrogen and oxygen atoms in total. The molecule has 134 valence electrons. The van der Waals surface area contributed by atoms with Gasteiger partial charge in [-0.3, -0.25) is 4.79 Å². The summed E-state index contributed by atoms with van der Waals surface area (Å²) in [6.07, 6.45) is 1.38. The molecule has 0 radical (unpaired) electrons. The van der Waals surface area contributed by atoms with E-state index >= 15 is 0 Å². The minimum atomic E-state index is -0.578. The number of ether oxygens (including phenoxy) is 1. The van der Waals surface area contributed by atoms with Crippen LogP contribution in [0.15, 0.2) is 35.9 Å². The zero-order chi connectivity index (χ0) is 19.3. The number of benzene rings is 2. The van der Waals surface area contributed by atoms with Crippen molar-refractivity contribution in [3.63, 3.8) is 0 Å². The van der Waals surface area contributed by atoms with Crippen LogP contribution in [-0.4, -0.2) is 12.5 Å². The molecule has 0 aliphatic carbocycles. The first-order valence-corrected chi connectivity index (χ1v) is 8.80. The first-order valence-electron chi connectivity index (χ1n) is 7.66. The van der Waals surface area contributed by atoms with Gasteiger partial charge in [-0.2, -0.15) is 5.26 Å². The maximum Gasteiger partial charge on any atom is 0.266 e. The molecule has 0 aliphatic rings. The van der Waals surface area contributed by atoms with Crippen LogP contribution in [0.5, 0.6) is 5.75 Å². The maximum atomic E-state index is 12.4. The molecule has 26 heavy (non-hydrogen) atoms. The quantitative estimate of drug-likeness (QED) is 0.494. The van der Waals surface area contributed by atoms with Crippen molar-refractivity contribution in [2.24, 2.45) is 0 Å². The van der Waals surface area contributed by atoms with Crippen LogP contribution in [0.25, 0.3) is 6.08 Å². The molecule has 0 heterocycles. The number of hydrogen-bond donors (Lipinski definition) is 1. The summed E-state index contributed by atoms with van der Waals surface area (Å²) in [6, 6.07) is 10.1. The molecular formula is C19H15Cl3N2O2. The Hall–Kier alpha value is -2.19. The van der Waals surface area contributed by atoms with E-state index in [1.165, 1.54) is 12.1 Å². The number of anilines is 1. The number of aryl methyl sites for hydroxylation is 1. The second-order valence-electron chi connectivity index (χ2n) is 5.33. The lowest BCUT2D eigenvalue weighted by Crippen LogP contribution is -2.13. The molecule has 1 N–H and O–H groups in total. The van der Waals surface area contributed by atoms with Gasteiger partial charge in [-0.25, -0.2) is 0 Å². The molecule has 0 saturated carbocycles. The van der Waals surface area contributed by atoms with E-state index < -0.39 is 5.91 Å². The van der Waals surface area contributed by atoms with Gasteiger partial charge in [0.2, 0.25) is 0 Å². The van der Waals surface area contributed by atoms with Gasteiger partial charge >= 0.3 is 0 Å². The maximum absolute atomic E-state index is 12.4. The van der Waals surface area contributed by atoms with Crippen molar-refractivity contribution < 1.29 is 9.53 Å². The zero-order valence-corrected chi connectivity index (χ0v) is 16.3. The second kappa shape index (κ2) is 8.95. The van der Waals surface area contributed by atoms with E-state index in [4.69, 9.17) is 39.5 Å². The summed E-state index contributed by atoms with van der Waals surface area (Å²) >= 11 is 18.2. The average molecular weight is 410 g/mol. The van der Waals surface area contributed by atoms with Crippen LogP contribution in [0, 0.1) is 18.3 Å². The zero-order valence-electron chi connectivity index (χ0n) is 14.1. The molecule has 2 aromatic rings. The van der Waals surface area contributed by atoms with Crippen molar-refractivity contribution in [1.82, 2.24) is 0 Å². The average Bonchev–Trinajstić information content (AvgIpc) is 2.58. The van der Waals surface area contributed by atoms with Gasteiger partial charge in [-0.1, -0.05) is 40.9 Å². The fraction of sp³-hybridized carbons (Fsp3) is 0.158. The van der Waals surface area contributed by atoms with Crippen LogP contribution < -0.4 is 10.1 Å². The Morgan fingerprint density at radius 2 is 1.96 bits per heavy atom. The van der Waals surface area contributed by atoms with Crippen molar-refractivity contribution in [3.8, 4) is 11.8 Å². The minimum Gasteiger partial charge on any atom is -0.492 e. The van der Waals surface area contributed by atoms with E-state index in [-0.39, 0.29) is 5.57 Å². The smallest absolute Gasteiger partial charge is 0.266 e. The van der Waals surface area contributed by atoms with Gasteiger partial charge in [0.25, 0.3) is 5.91 Å². The van der Waals surface area contributed by atoms with E-state index in [1.54, 1.807) is 31.2 Å². The molecule has 0 aromatic heterocycles. The number of amides is 1. The Bertz CT molecular complexity index is 918. The third-order valence-electron chi connectivity index (χ3n) is 3.42. The van der Waals surface area contributed by atoms with Crippen molar-refractivity contribution in [2.45, 2.75) is 13.8 Å². The molecule has 0 spiro atoms. The predicted molar refractivity (Wildman–Crippen MR) is 106 cm³/mol. The van der Waals surface area contributed by atoms with Crippen LogP contribution in [0.1, 0.15) is 18.1 Å². The SMILES string of the molecule is CCOc1c(Cl)cc(Cl)cc1/C=C(\C#N)C(=O)Nc1ccc(C)c(Cl)c1. The molecule has 0 saturated heterocycles. The number of carbonyl (C=O) groups excluding carboxylic acids is 1. The topological polar surface area (TPSA) is 62.1 Å². The molecule has 0 aliphatic heterocycles. The lowest BCUT2D eigenvalue weighted by atomic mass is 10.1. The van der Waals surface area contributed by atoms with Gasteiger partial charge in [0.15, 0.2) is 0 Å². The molecule has 1 amide bonds. The van der Waals surface area contributed by atoms with E-state index in [9.17, 15) is 10.1 Å². The van der Waals surface area contributed by atoms with Crippen LogP contribution in [0.4, 0.5) is 5.69 Å². The van der Waals surface area contributed by atoms with Gasteiger partial charge in [0.1, 0.15) is 17.4 Å². The number of halogens is 3. The summed E-state index contributed by atoms with van der Waals surface area (Å²) < 4.78 is 5.50. The van der Waals surface area contributed by atoms with Gasteiger partial charge in [0, 0.05) is 21.3 Å². The highest BCUT2D eigenvalue weighted by molar-refractivity contribution is 6.36. The fourth-order valence-corrected chi connectivity index (χ4v) is 2.90. The minimum absolute atomic E-state index is 0.124. The van der Waals surface area contributed by atoms with E-state index in [0.29, 0.717) is 38.7 Å². The van der Waals surface area contributed by atoms with Crippen LogP contribution in [0.3, 0.4) is 0 Å². The third-order valence-corrected chi connectivity index (χ3v) is 4.33. The summed E-state index contributed by atoms with van der Waals surface area (Å²) in [7, 11) is 0. The number of hydrogen-bond acceptors (Lipinski definition) is 3. The highest BCUT2D eigenvalue weighted by atomic mass is 35.5. The van der Waals surface area contributed by atoms with E-state index in [2.05, 4.69) is 5.32 Å². The summed E-state index contributed by atoms with van der Waals surface area (Å²) in [5, 5.41) is 13.2. The first kappa shape index (κ1) is 20.1. The fourth-order valence-electron chi connectivity index (χ4n) is 2.16. The standard InChI is InChI=1S/C19H15Cl3N2O2/c1-3-26-18-12(7-14(20)8-17(18)22)6-13(10-23)19(25)24-15-5-4-11(2)16(21)9-15/h4-9H,3H2,1-2H3,(H,24,25)/b13-6+. The molecular weight excluding hydrogens is 395 g/mol. The van der Waals surface area contributed by atoms with Crippen LogP contribution in [-0.2, 0) is 4.79 Å². The molecule has 7 heteroatoms. The lowest BCUT2D eigenvalue weighted by Gasteiger charge is -2.11. The highest BCUT2D eigenvalue weighted by Crippen LogP contribution is 2.34. The second-order valence-corrected chi connectivity index (χ2v) is 6.58. The predicted octanol–water partition coefficient (Wildman–Crippen LogP) is 5.90. The van der Waals surface area contributed by atoms with Crippen LogP contribution >= 0.6 is 34.8 Å². The van der Waals surface area contributed by atoms with Crippen LogP contribution in [0.2, 0.25) is 15.1 Å². The van der Waals surface area contributed by atoms with Gasteiger partial charge < -0.3 is 10.1 Å². The van der Waals surface area contributed by atoms with Crippen molar-refractivity contribution in [1.29, 1.82) is 5.26 Å². The Morgan fingerprint density at radius 1 is 1.23 bits per heavy atom. The number of nitrogens with one attached hydrogen (secondary N) is 1. The third kappa shape index (κ3) is 4.92. The highest BCUT2D eigenvalue weighted by Gasteiger charge is 2.14. The summed E-state index contributed by atoms with van der Waals surface area (Å²) in [4.78, 5) is 12.4.